The third-order valence-corrected chi connectivity index (χ3v) is 2.90. The number of carbonyl (C=O) groups excluding carboxylic acids is 1. The first-order valence-corrected chi connectivity index (χ1v) is 4.71. The second-order valence-corrected chi connectivity index (χ2v) is 4.54. The molecule has 0 saturated carbocycles. The Labute approximate surface area is 67.6 Å². The molecule has 0 aliphatic carbocycles. The summed E-state index contributed by atoms with van der Waals surface area (Å²) < 4.78 is 0. The molecule has 0 amide bonds. The largest absolute Gasteiger partial charge is 0.299 e. The van der Waals surface area contributed by atoms with Gasteiger partial charge in [0.2, 0.25) is 0 Å². The van der Waals surface area contributed by atoms with Gasteiger partial charge in [0.05, 0.1) is 5.25 Å². The van der Waals surface area contributed by atoms with E-state index in [4.69, 9.17) is 0 Å². The number of ketones is 1. The van der Waals surface area contributed by atoms with Crippen LogP contribution in [0.2, 0.25) is 0 Å². The number of hydrogen-bond donors (Lipinski definition) is 0. The number of thioether (sulfide) groups is 1. The molecule has 0 spiro atoms. The summed E-state index contributed by atoms with van der Waals surface area (Å²) in [5, 5.41) is 0.146. The van der Waals surface area contributed by atoms with Gasteiger partial charge < -0.3 is 0 Å². The zero-order valence-electron chi connectivity index (χ0n) is 7.39. The van der Waals surface area contributed by atoms with Gasteiger partial charge in [0.1, 0.15) is 5.78 Å². The summed E-state index contributed by atoms with van der Waals surface area (Å²) in [7, 11) is 0. The molecule has 0 aliphatic heterocycles. The lowest BCUT2D eigenvalue weighted by atomic mass is 9.90. The van der Waals surface area contributed by atoms with Gasteiger partial charge in [-0.15, -0.1) is 0 Å². The first kappa shape index (κ1) is 10.0. The third kappa shape index (κ3) is 2.74. The fraction of sp³-hybridized carbons (Fsp3) is 0.875. The van der Waals surface area contributed by atoms with Crippen LogP contribution in [0.1, 0.15) is 27.7 Å². The van der Waals surface area contributed by atoms with Crippen molar-refractivity contribution in [2.75, 3.05) is 6.26 Å². The molecule has 1 atom stereocenters. The maximum absolute atomic E-state index is 11.0. The smallest absolute Gasteiger partial charge is 0.143 e. The summed E-state index contributed by atoms with van der Waals surface area (Å²) in [4.78, 5) is 11.0. The lowest BCUT2D eigenvalue weighted by Crippen LogP contribution is -2.29. The highest BCUT2D eigenvalue weighted by molar-refractivity contribution is 8.00. The van der Waals surface area contributed by atoms with E-state index in [0.717, 1.165) is 0 Å². The first-order valence-electron chi connectivity index (χ1n) is 3.43. The Bertz CT molecular complexity index is 124. The maximum atomic E-state index is 11.0. The monoisotopic (exact) mass is 160 g/mol. The molecule has 0 aromatic carbocycles. The van der Waals surface area contributed by atoms with Crippen LogP contribution in [0.4, 0.5) is 0 Å². The molecule has 0 heterocycles. The molecule has 0 bridgehead atoms. The van der Waals surface area contributed by atoms with Gasteiger partial charge in [0, 0.05) is 0 Å². The summed E-state index contributed by atoms with van der Waals surface area (Å²) in [5.41, 5.74) is 0.102. The van der Waals surface area contributed by atoms with Crippen LogP contribution in [0.25, 0.3) is 0 Å². The average Bonchev–Trinajstić information content (AvgIpc) is 1.60. The number of hydrogen-bond acceptors (Lipinski definition) is 2. The van der Waals surface area contributed by atoms with Gasteiger partial charge in [-0.3, -0.25) is 4.79 Å². The van der Waals surface area contributed by atoms with Crippen molar-refractivity contribution >= 4 is 17.5 Å². The maximum Gasteiger partial charge on any atom is 0.143 e. The molecule has 0 fully saturated rings. The van der Waals surface area contributed by atoms with E-state index in [-0.39, 0.29) is 16.4 Å². The van der Waals surface area contributed by atoms with Crippen molar-refractivity contribution in [1.29, 1.82) is 0 Å². The van der Waals surface area contributed by atoms with Crippen molar-refractivity contribution in [2.24, 2.45) is 5.41 Å². The molecular weight excluding hydrogens is 144 g/mol. The van der Waals surface area contributed by atoms with E-state index in [1.54, 1.807) is 18.7 Å². The molecule has 2 heteroatoms. The lowest BCUT2D eigenvalue weighted by molar-refractivity contribution is -0.118. The Kier molecular flexibility index (Phi) is 3.43. The number of rotatable bonds is 2. The van der Waals surface area contributed by atoms with Crippen molar-refractivity contribution < 1.29 is 4.79 Å². The van der Waals surface area contributed by atoms with Gasteiger partial charge in [0.25, 0.3) is 0 Å². The highest BCUT2D eigenvalue weighted by Crippen LogP contribution is 2.28. The highest BCUT2D eigenvalue weighted by Gasteiger charge is 2.27. The number of Topliss-reactive ketones (excluding diaryl/α,β-unsaturated/α-hetero) is 1. The molecule has 10 heavy (non-hydrogen) atoms. The standard InChI is InChI=1S/C8H16OS/c1-6(9)7(10-5)8(2,3)4/h7H,1-5H3. The van der Waals surface area contributed by atoms with E-state index in [1.807, 2.05) is 6.26 Å². The van der Waals surface area contributed by atoms with Crippen LogP contribution in [0, 0.1) is 5.41 Å². The van der Waals surface area contributed by atoms with Gasteiger partial charge in [-0.1, -0.05) is 20.8 Å². The molecule has 1 unspecified atom stereocenters. The summed E-state index contributed by atoms with van der Waals surface area (Å²) in [5.74, 6) is 0.278. The Hall–Kier alpha value is 0.0200. The molecule has 0 radical (unpaired) electrons. The molecule has 0 aromatic rings. The SMILES string of the molecule is CSC(C(C)=O)C(C)(C)C. The van der Waals surface area contributed by atoms with E-state index in [1.165, 1.54) is 0 Å². The van der Waals surface area contributed by atoms with Crippen molar-refractivity contribution in [3.05, 3.63) is 0 Å². The molecule has 1 nitrogen and oxygen atoms in total. The zero-order valence-corrected chi connectivity index (χ0v) is 8.21. The summed E-state index contributed by atoms with van der Waals surface area (Å²) in [6, 6.07) is 0. The zero-order chi connectivity index (χ0) is 8.36. The Morgan fingerprint density at radius 3 is 1.80 bits per heavy atom. The van der Waals surface area contributed by atoms with E-state index >= 15 is 0 Å². The fourth-order valence-electron chi connectivity index (χ4n) is 1.13. The molecule has 0 N–H and O–H groups in total. The first-order chi connectivity index (χ1) is 4.39. The van der Waals surface area contributed by atoms with Crippen LogP contribution in [-0.2, 0) is 4.79 Å². The fourth-order valence-corrected chi connectivity index (χ4v) is 2.17. The predicted molar refractivity (Wildman–Crippen MR) is 47.4 cm³/mol. The second kappa shape index (κ2) is 3.42. The van der Waals surface area contributed by atoms with Gasteiger partial charge in [0.15, 0.2) is 0 Å². The Morgan fingerprint density at radius 1 is 1.40 bits per heavy atom. The van der Waals surface area contributed by atoms with Crippen molar-refractivity contribution in [1.82, 2.24) is 0 Å². The lowest BCUT2D eigenvalue weighted by Gasteiger charge is -2.26. The van der Waals surface area contributed by atoms with Gasteiger partial charge >= 0.3 is 0 Å². The normalized spacial score (nSPS) is 14.9. The van der Waals surface area contributed by atoms with Crippen molar-refractivity contribution in [2.45, 2.75) is 32.9 Å². The van der Waals surface area contributed by atoms with Crippen molar-refractivity contribution in [3.63, 3.8) is 0 Å². The number of carbonyl (C=O) groups is 1. The summed E-state index contributed by atoms with van der Waals surface area (Å²) in [6.07, 6.45) is 1.98. The molecule has 0 aromatic heterocycles. The minimum Gasteiger partial charge on any atom is -0.299 e. The van der Waals surface area contributed by atoms with Crippen LogP contribution in [0.15, 0.2) is 0 Å². The van der Waals surface area contributed by atoms with E-state index in [9.17, 15) is 4.79 Å². The second-order valence-electron chi connectivity index (χ2n) is 3.59. The van der Waals surface area contributed by atoms with Crippen LogP contribution in [0.3, 0.4) is 0 Å². The molecule has 0 rings (SSSR count). The predicted octanol–water partition coefficient (Wildman–Crippen LogP) is 2.35. The van der Waals surface area contributed by atoms with Gasteiger partial charge in [-0.2, -0.15) is 11.8 Å². The highest BCUT2D eigenvalue weighted by atomic mass is 32.2. The topological polar surface area (TPSA) is 17.1 Å². The van der Waals surface area contributed by atoms with Gasteiger partial charge in [-0.25, -0.2) is 0 Å². The van der Waals surface area contributed by atoms with E-state index < -0.39 is 0 Å². The van der Waals surface area contributed by atoms with Gasteiger partial charge in [-0.05, 0) is 18.6 Å². The molecule has 60 valence electrons. The quantitative estimate of drug-likeness (QED) is 0.617. The average molecular weight is 160 g/mol. The molecular formula is C8H16OS. The summed E-state index contributed by atoms with van der Waals surface area (Å²) >= 11 is 1.64. The molecule has 0 saturated heterocycles. The van der Waals surface area contributed by atoms with E-state index in [0.29, 0.717) is 0 Å². The van der Waals surface area contributed by atoms with Crippen LogP contribution >= 0.6 is 11.8 Å². The van der Waals surface area contributed by atoms with Crippen LogP contribution in [-0.4, -0.2) is 17.3 Å². The van der Waals surface area contributed by atoms with Crippen LogP contribution < -0.4 is 0 Å². The molecule has 0 aliphatic rings. The minimum atomic E-state index is 0.102. The Morgan fingerprint density at radius 2 is 1.80 bits per heavy atom. The van der Waals surface area contributed by atoms with Crippen molar-refractivity contribution in [3.8, 4) is 0 Å². The minimum absolute atomic E-state index is 0.102. The third-order valence-electron chi connectivity index (χ3n) is 1.39. The van der Waals surface area contributed by atoms with E-state index in [2.05, 4.69) is 20.8 Å². The van der Waals surface area contributed by atoms with Crippen LogP contribution in [0.5, 0.6) is 0 Å². The Balaban J connectivity index is 4.22. The summed E-state index contributed by atoms with van der Waals surface area (Å²) in [6.45, 7) is 7.94.